The third-order valence-electron chi connectivity index (χ3n) is 2.36. The average molecular weight is 279 g/mol. The fourth-order valence-electron chi connectivity index (χ4n) is 1.45. The molecule has 9 heteroatoms. The van der Waals surface area contributed by atoms with Gasteiger partial charge < -0.3 is 4.74 Å². The van der Waals surface area contributed by atoms with Crippen molar-refractivity contribution in [1.82, 2.24) is 9.97 Å². The maximum atomic E-state index is 13.5. The summed E-state index contributed by atoms with van der Waals surface area (Å²) in [5, 5.41) is 10.9. The van der Waals surface area contributed by atoms with Gasteiger partial charge in [0, 0.05) is 6.07 Å². The second-order valence-corrected chi connectivity index (χ2v) is 3.82. The van der Waals surface area contributed by atoms with E-state index in [9.17, 15) is 14.5 Å². The molecule has 20 heavy (non-hydrogen) atoms. The van der Waals surface area contributed by atoms with Gasteiger partial charge in [0.15, 0.2) is 0 Å². The molecule has 0 saturated carbocycles. The van der Waals surface area contributed by atoms with Gasteiger partial charge in [-0.3, -0.25) is 15.5 Å². The first kappa shape index (κ1) is 13.6. The summed E-state index contributed by atoms with van der Waals surface area (Å²) < 4.78 is 18.7. The first-order chi connectivity index (χ1) is 9.51. The topological polar surface area (TPSA) is 116 Å². The predicted octanol–water partition coefficient (Wildman–Crippen LogP) is 1.91. The number of aromatic nitrogens is 2. The number of halogens is 1. The van der Waals surface area contributed by atoms with Crippen LogP contribution in [0.25, 0.3) is 0 Å². The summed E-state index contributed by atoms with van der Waals surface area (Å²) in [6, 6.07) is 4.23. The molecule has 0 amide bonds. The molecule has 8 nitrogen and oxygen atoms in total. The Kier molecular flexibility index (Phi) is 3.71. The zero-order chi connectivity index (χ0) is 14.7. The number of nitro benzene ring substituents is 1. The highest BCUT2D eigenvalue weighted by Gasteiger charge is 2.18. The lowest BCUT2D eigenvalue weighted by atomic mass is 10.2. The lowest BCUT2D eigenvalue weighted by molar-refractivity contribution is -0.385. The highest BCUT2D eigenvalue weighted by Crippen LogP contribution is 2.32. The summed E-state index contributed by atoms with van der Waals surface area (Å²) in [6.45, 7) is 1.72. The van der Waals surface area contributed by atoms with E-state index in [-0.39, 0.29) is 17.4 Å². The van der Waals surface area contributed by atoms with Gasteiger partial charge in [0.2, 0.25) is 17.5 Å². The van der Waals surface area contributed by atoms with Gasteiger partial charge in [-0.05, 0) is 18.6 Å². The van der Waals surface area contributed by atoms with Crippen LogP contribution < -0.4 is 16.0 Å². The lowest BCUT2D eigenvalue weighted by Crippen LogP contribution is -2.11. The Balaban J connectivity index is 2.43. The smallest absolute Gasteiger partial charge is 0.311 e. The number of ether oxygens (including phenoxy) is 1. The Labute approximate surface area is 112 Å². The van der Waals surface area contributed by atoms with Crippen molar-refractivity contribution in [3.05, 3.63) is 45.9 Å². The van der Waals surface area contributed by atoms with Crippen molar-refractivity contribution in [3.63, 3.8) is 0 Å². The Morgan fingerprint density at radius 1 is 1.50 bits per heavy atom. The summed E-state index contributed by atoms with van der Waals surface area (Å²) in [5.74, 6) is 3.60. The van der Waals surface area contributed by atoms with Crippen molar-refractivity contribution in [2.24, 2.45) is 5.84 Å². The van der Waals surface area contributed by atoms with Crippen molar-refractivity contribution in [3.8, 4) is 11.6 Å². The number of hydrogen-bond acceptors (Lipinski definition) is 7. The third kappa shape index (κ3) is 2.78. The Hall–Kier alpha value is -2.81. The minimum Gasteiger partial charge on any atom is -0.429 e. The molecule has 104 valence electrons. The number of nitro groups is 1. The molecule has 0 spiro atoms. The van der Waals surface area contributed by atoms with E-state index in [0.717, 1.165) is 11.8 Å². The Morgan fingerprint density at radius 2 is 2.25 bits per heavy atom. The van der Waals surface area contributed by atoms with Crippen molar-refractivity contribution in [2.45, 2.75) is 6.92 Å². The number of benzene rings is 1. The van der Waals surface area contributed by atoms with Crippen LogP contribution in [-0.4, -0.2) is 14.9 Å². The van der Waals surface area contributed by atoms with Crippen molar-refractivity contribution >= 4 is 11.6 Å². The number of nitrogens with two attached hydrogens (primary N) is 1. The van der Waals surface area contributed by atoms with E-state index >= 15 is 0 Å². The summed E-state index contributed by atoms with van der Waals surface area (Å²) in [7, 11) is 0. The number of rotatable bonds is 4. The maximum Gasteiger partial charge on any atom is 0.311 e. The van der Waals surface area contributed by atoms with Gasteiger partial charge in [0.05, 0.1) is 11.1 Å². The number of anilines is 1. The summed E-state index contributed by atoms with van der Waals surface area (Å²) in [6.07, 6.45) is 0.846. The lowest BCUT2D eigenvalue weighted by Gasteiger charge is -2.08. The van der Waals surface area contributed by atoms with Gasteiger partial charge >= 0.3 is 5.69 Å². The highest BCUT2D eigenvalue weighted by atomic mass is 19.1. The minimum absolute atomic E-state index is 0.0725. The molecule has 3 N–H and O–H groups in total. The zero-order valence-corrected chi connectivity index (χ0v) is 10.3. The van der Waals surface area contributed by atoms with Crippen molar-refractivity contribution in [2.75, 3.05) is 5.43 Å². The summed E-state index contributed by atoms with van der Waals surface area (Å²) in [5.41, 5.74) is 2.55. The van der Waals surface area contributed by atoms with E-state index in [1.165, 1.54) is 12.1 Å². The van der Waals surface area contributed by atoms with Gasteiger partial charge in [-0.15, -0.1) is 0 Å². The van der Waals surface area contributed by atoms with Crippen molar-refractivity contribution in [1.29, 1.82) is 0 Å². The van der Waals surface area contributed by atoms with Crippen LogP contribution in [0.1, 0.15) is 5.56 Å². The Bertz CT molecular complexity index is 665. The highest BCUT2D eigenvalue weighted by molar-refractivity contribution is 5.49. The quantitative estimate of drug-likeness (QED) is 0.498. The molecule has 0 aliphatic rings. The largest absolute Gasteiger partial charge is 0.429 e. The second-order valence-electron chi connectivity index (χ2n) is 3.82. The molecular weight excluding hydrogens is 269 g/mol. The van der Waals surface area contributed by atoms with Crippen LogP contribution in [0.2, 0.25) is 0 Å². The number of nitrogens with one attached hydrogen (secondary N) is 1. The zero-order valence-electron chi connectivity index (χ0n) is 10.3. The molecule has 0 saturated heterocycles. The van der Waals surface area contributed by atoms with Crippen LogP contribution in [0.15, 0.2) is 24.4 Å². The predicted molar refractivity (Wildman–Crippen MR) is 67.7 cm³/mol. The molecule has 0 bridgehead atoms. The minimum atomic E-state index is -0.861. The number of aryl methyl sites for hydroxylation is 1. The van der Waals surface area contributed by atoms with Gasteiger partial charge in [0.25, 0.3) is 5.88 Å². The van der Waals surface area contributed by atoms with Crippen molar-refractivity contribution < 1.29 is 14.1 Å². The normalized spacial score (nSPS) is 10.2. The van der Waals surface area contributed by atoms with Crippen LogP contribution in [0.5, 0.6) is 11.6 Å². The van der Waals surface area contributed by atoms with E-state index in [0.29, 0.717) is 0 Å². The monoisotopic (exact) mass is 279 g/mol. The van der Waals surface area contributed by atoms with Crippen LogP contribution in [0.3, 0.4) is 0 Å². The summed E-state index contributed by atoms with van der Waals surface area (Å²) in [4.78, 5) is 17.5. The molecule has 0 radical (unpaired) electrons. The molecule has 0 atom stereocenters. The molecule has 2 rings (SSSR count). The first-order valence-corrected chi connectivity index (χ1v) is 5.43. The van der Waals surface area contributed by atoms with Crippen LogP contribution in [0.4, 0.5) is 16.0 Å². The van der Waals surface area contributed by atoms with E-state index < -0.39 is 16.6 Å². The standard InChI is InChI=1S/C11H10FN5O3/c1-6-2-3-8(17(18)19)9(4-6)20-10-7(12)5-14-11(15-10)16-13/h2-5H,13H2,1H3,(H,14,15,16). The number of hydrogen-bond donors (Lipinski definition) is 2. The van der Waals surface area contributed by atoms with Gasteiger partial charge in [0.1, 0.15) is 0 Å². The van der Waals surface area contributed by atoms with Crippen LogP contribution in [-0.2, 0) is 0 Å². The van der Waals surface area contributed by atoms with E-state index in [4.69, 9.17) is 10.6 Å². The van der Waals surface area contributed by atoms with E-state index in [1.54, 1.807) is 13.0 Å². The molecule has 1 aromatic heterocycles. The molecule has 0 aliphatic carbocycles. The molecule has 0 aliphatic heterocycles. The molecule has 0 fully saturated rings. The van der Waals surface area contributed by atoms with E-state index in [2.05, 4.69) is 15.4 Å². The number of nitrogen functional groups attached to an aromatic ring is 1. The molecule has 0 unspecified atom stereocenters. The maximum absolute atomic E-state index is 13.5. The van der Waals surface area contributed by atoms with Crippen LogP contribution in [0, 0.1) is 22.9 Å². The first-order valence-electron chi connectivity index (χ1n) is 5.43. The number of nitrogens with zero attached hydrogens (tertiary/aromatic N) is 3. The average Bonchev–Trinajstić information content (AvgIpc) is 2.41. The molecule has 1 heterocycles. The third-order valence-corrected chi connectivity index (χ3v) is 2.36. The number of hydrazine groups is 1. The van der Waals surface area contributed by atoms with Gasteiger partial charge in [-0.2, -0.15) is 9.37 Å². The van der Waals surface area contributed by atoms with Gasteiger partial charge in [-0.25, -0.2) is 10.8 Å². The van der Waals surface area contributed by atoms with Crippen LogP contribution >= 0.6 is 0 Å². The molecule has 1 aromatic carbocycles. The SMILES string of the molecule is Cc1ccc([N+](=O)[O-])c(Oc2nc(NN)ncc2F)c1. The second kappa shape index (κ2) is 5.45. The van der Waals surface area contributed by atoms with E-state index in [1.807, 2.05) is 0 Å². The Morgan fingerprint density at radius 3 is 2.90 bits per heavy atom. The summed E-state index contributed by atoms with van der Waals surface area (Å²) >= 11 is 0. The molecule has 2 aromatic rings. The fraction of sp³-hybridized carbons (Fsp3) is 0.0909. The van der Waals surface area contributed by atoms with Gasteiger partial charge in [-0.1, -0.05) is 6.07 Å². The molecular formula is C11H10FN5O3. The fourth-order valence-corrected chi connectivity index (χ4v) is 1.45.